The maximum atomic E-state index is 12.4. The van der Waals surface area contributed by atoms with Crippen LogP contribution >= 0.6 is 11.6 Å². The van der Waals surface area contributed by atoms with Crippen LogP contribution in [0.1, 0.15) is 34.7 Å². The summed E-state index contributed by atoms with van der Waals surface area (Å²) < 4.78 is 7.20. The molecule has 0 aliphatic rings. The van der Waals surface area contributed by atoms with Crippen molar-refractivity contribution in [1.82, 2.24) is 4.57 Å². The minimum absolute atomic E-state index is 0.0568. The number of ether oxygens (including phenoxy) is 1. The molecule has 0 radical (unpaired) electrons. The van der Waals surface area contributed by atoms with Gasteiger partial charge in [0.15, 0.2) is 0 Å². The van der Waals surface area contributed by atoms with Gasteiger partial charge < -0.3 is 19.7 Å². The van der Waals surface area contributed by atoms with Crippen LogP contribution in [0.5, 0.6) is 5.75 Å². The Morgan fingerprint density at radius 2 is 2.00 bits per heavy atom. The third-order valence-electron chi connectivity index (χ3n) is 3.04. The summed E-state index contributed by atoms with van der Waals surface area (Å²) in [5, 5.41) is 12.2. The molecule has 1 heterocycles. The summed E-state index contributed by atoms with van der Waals surface area (Å²) in [6.45, 7) is 3.68. The molecule has 0 saturated carbocycles. The van der Waals surface area contributed by atoms with Crippen LogP contribution in [0.25, 0.3) is 0 Å². The number of aromatic nitrogens is 1. The molecule has 2 aromatic rings. The number of nitrogens with zero attached hydrogens (tertiary/aromatic N) is 1. The molecule has 7 heteroatoms. The van der Waals surface area contributed by atoms with E-state index in [-0.39, 0.29) is 11.7 Å². The van der Waals surface area contributed by atoms with Gasteiger partial charge in [-0.25, -0.2) is 4.79 Å². The number of hydrogen-bond acceptors (Lipinski definition) is 3. The first-order valence-electron chi connectivity index (χ1n) is 6.95. The fourth-order valence-electron chi connectivity index (χ4n) is 2.05. The van der Waals surface area contributed by atoms with Crippen LogP contribution in [0.4, 0.5) is 5.69 Å². The highest BCUT2D eigenvalue weighted by atomic mass is 35.5. The van der Waals surface area contributed by atoms with Gasteiger partial charge in [-0.15, -0.1) is 0 Å². The number of rotatable bonds is 5. The second-order valence-corrected chi connectivity index (χ2v) is 5.73. The Bertz CT molecular complexity index is 753. The van der Waals surface area contributed by atoms with Crippen molar-refractivity contribution in [3.8, 4) is 5.75 Å². The number of halogens is 1. The summed E-state index contributed by atoms with van der Waals surface area (Å²) in [6, 6.07) is 5.84. The molecule has 0 spiro atoms. The average Bonchev–Trinajstić information content (AvgIpc) is 2.79. The molecular formula is C16H17ClN2O4. The molecule has 0 aliphatic carbocycles. The van der Waals surface area contributed by atoms with E-state index >= 15 is 0 Å². The third-order valence-corrected chi connectivity index (χ3v) is 3.25. The van der Waals surface area contributed by atoms with Gasteiger partial charge in [0.05, 0.1) is 22.4 Å². The molecule has 122 valence electrons. The summed E-state index contributed by atoms with van der Waals surface area (Å²) >= 11 is 5.88. The Balaban J connectivity index is 2.35. The second kappa shape index (κ2) is 6.75. The SMILES string of the molecule is CC(C)Oc1ccc(C(=O)O)cc1NC(=O)c1cc(Cl)cn1C. The van der Waals surface area contributed by atoms with Crippen LogP contribution in [0, 0.1) is 0 Å². The minimum atomic E-state index is -1.08. The molecule has 0 unspecified atom stereocenters. The van der Waals surface area contributed by atoms with Crippen LogP contribution in [0.15, 0.2) is 30.5 Å². The van der Waals surface area contributed by atoms with Crippen LogP contribution in [-0.2, 0) is 7.05 Å². The largest absolute Gasteiger partial charge is 0.489 e. The van der Waals surface area contributed by atoms with Gasteiger partial charge in [-0.05, 0) is 38.1 Å². The molecule has 0 atom stereocenters. The number of hydrogen-bond donors (Lipinski definition) is 2. The number of carboxylic acid groups (broad SMARTS) is 1. The van der Waals surface area contributed by atoms with E-state index in [4.69, 9.17) is 21.4 Å². The first-order valence-corrected chi connectivity index (χ1v) is 7.33. The number of nitrogens with one attached hydrogen (secondary N) is 1. The zero-order chi connectivity index (χ0) is 17.1. The molecule has 0 aliphatic heterocycles. The van der Waals surface area contributed by atoms with Gasteiger partial charge in [-0.3, -0.25) is 4.79 Å². The van der Waals surface area contributed by atoms with E-state index in [2.05, 4.69) is 5.32 Å². The number of aromatic carboxylic acids is 1. The van der Waals surface area contributed by atoms with E-state index in [0.717, 1.165) is 0 Å². The van der Waals surface area contributed by atoms with Gasteiger partial charge >= 0.3 is 5.97 Å². The topological polar surface area (TPSA) is 80.6 Å². The van der Waals surface area contributed by atoms with E-state index in [1.54, 1.807) is 17.8 Å². The van der Waals surface area contributed by atoms with Gasteiger partial charge in [0.2, 0.25) is 0 Å². The predicted octanol–water partition coefficient (Wildman–Crippen LogP) is 3.42. The van der Waals surface area contributed by atoms with Crippen LogP contribution in [0.3, 0.4) is 0 Å². The van der Waals surface area contributed by atoms with Gasteiger partial charge in [-0.1, -0.05) is 11.6 Å². The standard InChI is InChI=1S/C16H17ClN2O4/c1-9(2)23-14-5-4-10(16(21)22)6-12(14)18-15(20)13-7-11(17)8-19(13)3/h4-9H,1-3H3,(H,18,20)(H,21,22). The van der Waals surface area contributed by atoms with E-state index < -0.39 is 11.9 Å². The van der Waals surface area contributed by atoms with Crippen molar-refractivity contribution in [3.05, 3.63) is 46.7 Å². The fourth-order valence-corrected chi connectivity index (χ4v) is 2.30. The van der Waals surface area contributed by atoms with Gasteiger partial charge in [0.1, 0.15) is 11.4 Å². The second-order valence-electron chi connectivity index (χ2n) is 5.29. The molecule has 6 nitrogen and oxygen atoms in total. The highest BCUT2D eigenvalue weighted by Gasteiger charge is 2.16. The number of benzene rings is 1. The van der Waals surface area contributed by atoms with Crippen molar-refractivity contribution in [1.29, 1.82) is 0 Å². The zero-order valence-electron chi connectivity index (χ0n) is 13.0. The van der Waals surface area contributed by atoms with Crippen LogP contribution < -0.4 is 10.1 Å². The molecule has 0 fully saturated rings. The Labute approximate surface area is 138 Å². The minimum Gasteiger partial charge on any atom is -0.489 e. The number of anilines is 1. The molecule has 2 rings (SSSR count). The highest BCUT2D eigenvalue weighted by molar-refractivity contribution is 6.31. The molecular weight excluding hydrogens is 320 g/mol. The lowest BCUT2D eigenvalue weighted by molar-refractivity contribution is 0.0696. The summed E-state index contributed by atoms with van der Waals surface area (Å²) in [6.07, 6.45) is 1.49. The van der Waals surface area contributed by atoms with Crippen LogP contribution in [-0.4, -0.2) is 27.7 Å². The van der Waals surface area contributed by atoms with Crippen LogP contribution in [0.2, 0.25) is 5.02 Å². The number of carbonyl (C=O) groups is 2. The summed E-state index contributed by atoms with van der Waals surface area (Å²) in [5.41, 5.74) is 0.702. The van der Waals surface area contributed by atoms with Crippen molar-refractivity contribution >= 4 is 29.2 Å². The summed E-state index contributed by atoms with van der Waals surface area (Å²) in [4.78, 5) is 23.5. The molecule has 1 aromatic carbocycles. The van der Waals surface area contributed by atoms with Crippen molar-refractivity contribution in [2.24, 2.45) is 7.05 Å². The van der Waals surface area contributed by atoms with Crippen molar-refractivity contribution in [3.63, 3.8) is 0 Å². The summed E-state index contributed by atoms with van der Waals surface area (Å²) in [5.74, 6) is -1.09. The summed E-state index contributed by atoms with van der Waals surface area (Å²) in [7, 11) is 1.69. The van der Waals surface area contributed by atoms with Gasteiger partial charge in [0.25, 0.3) is 5.91 Å². The molecule has 2 N–H and O–H groups in total. The molecule has 23 heavy (non-hydrogen) atoms. The highest BCUT2D eigenvalue weighted by Crippen LogP contribution is 2.28. The van der Waals surface area contributed by atoms with E-state index in [9.17, 15) is 9.59 Å². The fraction of sp³-hybridized carbons (Fsp3) is 0.250. The maximum Gasteiger partial charge on any atom is 0.335 e. The molecule has 1 aromatic heterocycles. The van der Waals surface area contributed by atoms with Crippen molar-refractivity contribution in [2.75, 3.05) is 5.32 Å². The van der Waals surface area contributed by atoms with Crippen molar-refractivity contribution < 1.29 is 19.4 Å². The lowest BCUT2D eigenvalue weighted by Crippen LogP contribution is -2.17. The third kappa shape index (κ3) is 4.04. The number of carboxylic acids is 1. The normalized spacial score (nSPS) is 10.7. The Morgan fingerprint density at radius 3 is 2.52 bits per heavy atom. The lowest BCUT2D eigenvalue weighted by Gasteiger charge is -2.15. The molecule has 1 amide bonds. The zero-order valence-corrected chi connectivity index (χ0v) is 13.7. The first kappa shape index (κ1) is 16.9. The quantitative estimate of drug-likeness (QED) is 0.876. The number of amides is 1. The number of carbonyl (C=O) groups excluding carboxylic acids is 1. The van der Waals surface area contributed by atoms with E-state index in [1.165, 1.54) is 24.3 Å². The predicted molar refractivity (Wildman–Crippen MR) is 87.5 cm³/mol. The Hall–Kier alpha value is -2.47. The monoisotopic (exact) mass is 336 g/mol. The van der Waals surface area contributed by atoms with Gasteiger partial charge in [0, 0.05) is 13.2 Å². The van der Waals surface area contributed by atoms with Gasteiger partial charge in [-0.2, -0.15) is 0 Å². The Kier molecular flexibility index (Phi) is 4.95. The smallest absolute Gasteiger partial charge is 0.335 e. The molecule has 0 bridgehead atoms. The van der Waals surface area contributed by atoms with Crippen molar-refractivity contribution in [2.45, 2.75) is 20.0 Å². The Morgan fingerprint density at radius 1 is 1.30 bits per heavy atom. The average molecular weight is 337 g/mol. The maximum absolute atomic E-state index is 12.4. The number of aryl methyl sites for hydroxylation is 1. The lowest BCUT2D eigenvalue weighted by atomic mass is 10.2. The molecule has 0 saturated heterocycles. The van der Waals surface area contributed by atoms with E-state index in [1.807, 2.05) is 13.8 Å². The van der Waals surface area contributed by atoms with E-state index in [0.29, 0.717) is 22.2 Å². The first-order chi connectivity index (χ1) is 10.8.